The molecule has 212 valence electrons. The first kappa shape index (κ1) is 18.7. The fourth-order valence-corrected chi connectivity index (χ4v) is 5.86. The molecule has 0 heterocycles. The van der Waals surface area contributed by atoms with Gasteiger partial charge < -0.3 is 4.90 Å². The second kappa shape index (κ2) is 11.6. The topological polar surface area (TPSA) is 3.24 Å². The fourth-order valence-electron chi connectivity index (χ4n) is 5.86. The molecule has 0 spiro atoms. The van der Waals surface area contributed by atoms with Crippen molar-refractivity contribution in [1.82, 2.24) is 0 Å². The highest BCUT2D eigenvalue weighted by molar-refractivity contribution is 5.99. The van der Waals surface area contributed by atoms with Crippen LogP contribution in [0.15, 0.2) is 188 Å². The van der Waals surface area contributed by atoms with Gasteiger partial charge >= 0.3 is 0 Å². The summed E-state index contributed by atoms with van der Waals surface area (Å²) in [5, 5.41) is 4.05. The van der Waals surface area contributed by atoms with Crippen molar-refractivity contribution >= 4 is 38.6 Å². The average Bonchev–Trinajstić information content (AvgIpc) is 3.21. The highest BCUT2D eigenvalue weighted by Gasteiger charge is 2.16. The van der Waals surface area contributed by atoms with Crippen LogP contribution >= 0.6 is 0 Å². The van der Waals surface area contributed by atoms with Crippen LogP contribution < -0.4 is 4.90 Å². The number of fused-ring (bicyclic) bond motifs is 2. The van der Waals surface area contributed by atoms with Crippen LogP contribution in [0, 0.1) is 0 Å². The molecule has 0 aromatic heterocycles. The van der Waals surface area contributed by atoms with Gasteiger partial charge in [0.05, 0.1) is 18.0 Å². The van der Waals surface area contributed by atoms with Crippen molar-refractivity contribution in [2.75, 3.05) is 4.90 Å². The third-order valence-corrected chi connectivity index (χ3v) is 8.01. The molecule has 0 saturated carbocycles. The lowest BCUT2D eigenvalue weighted by molar-refractivity contribution is 1.30. The van der Waals surface area contributed by atoms with E-state index in [1.165, 1.54) is 0 Å². The number of hydrogen-bond donors (Lipinski definition) is 0. The minimum absolute atomic E-state index is 0.0387. The van der Waals surface area contributed by atoms with Gasteiger partial charge in [0.15, 0.2) is 0 Å². The van der Waals surface area contributed by atoms with E-state index in [9.17, 15) is 2.74 Å². The highest BCUT2D eigenvalue weighted by Crippen LogP contribution is 2.40. The maximum atomic E-state index is 9.30. The molecule has 0 aliphatic carbocycles. The Labute approximate surface area is 276 Å². The quantitative estimate of drug-likeness (QED) is 0.188. The lowest BCUT2D eigenvalue weighted by Crippen LogP contribution is -2.10. The van der Waals surface area contributed by atoms with E-state index in [4.69, 9.17) is 9.60 Å². The molecule has 0 amide bonds. The summed E-state index contributed by atoms with van der Waals surface area (Å²) in [5.74, 6) is 0. The minimum Gasteiger partial charge on any atom is -0.310 e. The zero-order chi connectivity index (χ0) is 37.8. The first-order chi connectivity index (χ1) is 26.1. The molecule has 0 atom stereocenters. The molecular formula is C44H31N. The lowest BCUT2D eigenvalue weighted by atomic mass is 9.95. The van der Waals surface area contributed by atoms with Gasteiger partial charge in [0, 0.05) is 16.8 Å². The van der Waals surface area contributed by atoms with Gasteiger partial charge in [-0.2, -0.15) is 0 Å². The third-order valence-electron chi connectivity index (χ3n) is 8.01. The zero-order valence-corrected chi connectivity index (χ0v) is 24.1. The summed E-state index contributed by atoms with van der Waals surface area (Å²) >= 11 is 0. The molecule has 45 heavy (non-hydrogen) atoms. The van der Waals surface area contributed by atoms with Gasteiger partial charge in [-0.3, -0.25) is 0 Å². The first-order valence-electron chi connectivity index (χ1n) is 19.2. The Hall–Kier alpha value is -5.92. The Kier molecular flexibility index (Phi) is 4.83. The van der Waals surface area contributed by atoms with E-state index in [1.807, 2.05) is 91.0 Å². The third kappa shape index (κ3) is 5.15. The standard InChI is InChI=1S/C44H31N/c1-2-11-32(12-3-1)33-23-27-39(28-24-33)45(44-22-10-16-36-14-5-7-20-43(36)44)40-29-25-34(26-30-40)37-17-8-18-38(31-37)42-21-9-15-35-13-4-6-19-41(35)42/h1-31H/i1D,2D,3D,11D,12D,23D,24D,27D,28D. The fraction of sp³-hybridized carbons (Fsp3) is 0. The van der Waals surface area contributed by atoms with E-state index in [-0.39, 0.29) is 16.8 Å². The molecule has 8 rings (SSSR count). The molecule has 0 fully saturated rings. The monoisotopic (exact) mass is 582 g/mol. The van der Waals surface area contributed by atoms with Gasteiger partial charge in [0.1, 0.15) is 0 Å². The number of rotatable bonds is 6. The molecule has 0 saturated heterocycles. The maximum absolute atomic E-state index is 9.30. The molecule has 0 radical (unpaired) electrons. The van der Waals surface area contributed by atoms with Crippen molar-refractivity contribution in [3.63, 3.8) is 0 Å². The molecule has 8 aromatic carbocycles. The van der Waals surface area contributed by atoms with E-state index < -0.39 is 54.4 Å². The molecule has 0 aliphatic heterocycles. The van der Waals surface area contributed by atoms with E-state index in [2.05, 4.69) is 42.5 Å². The van der Waals surface area contributed by atoms with Crippen LogP contribution in [-0.2, 0) is 0 Å². The predicted molar refractivity (Wildman–Crippen MR) is 192 cm³/mol. The second-order valence-electron chi connectivity index (χ2n) is 10.7. The Balaban J connectivity index is 1.30. The summed E-state index contributed by atoms with van der Waals surface area (Å²) < 4.78 is 78.3. The van der Waals surface area contributed by atoms with Crippen LogP contribution in [0.25, 0.3) is 54.9 Å². The summed E-state index contributed by atoms with van der Waals surface area (Å²) in [4.78, 5) is 1.70. The van der Waals surface area contributed by atoms with Crippen LogP contribution in [-0.4, -0.2) is 0 Å². The zero-order valence-electron chi connectivity index (χ0n) is 33.1. The van der Waals surface area contributed by atoms with Crippen molar-refractivity contribution in [2.24, 2.45) is 0 Å². The van der Waals surface area contributed by atoms with Crippen LogP contribution in [0.5, 0.6) is 0 Å². The van der Waals surface area contributed by atoms with Gasteiger partial charge in [-0.05, 0) is 85.9 Å². The van der Waals surface area contributed by atoms with E-state index in [0.717, 1.165) is 43.8 Å². The second-order valence-corrected chi connectivity index (χ2v) is 10.7. The Morgan fingerprint density at radius 2 is 0.978 bits per heavy atom. The van der Waals surface area contributed by atoms with E-state index in [1.54, 1.807) is 4.90 Å². The normalized spacial score (nSPS) is 13.9. The Morgan fingerprint density at radius 3 is 1.76 bits per heavy atom. The van der Waals surface area contributed by atoms with Crippen LogP contribution in [0.1, 0.15) is 12.3 Å². The van der Waals surface area contributed by atoms with Gasteiger partial charge in [0.2, 0.25) is 0 Å². The highest BCUT2D eigenvalue weighted by atomic mass is 15.1. The van der Waals surface area contributed by atoms with Crippen LogP contribution in [0.2, 0.25) is 0 Å². The van der Waals surface area contributed by atoms with Crippen molar-refractivity contribution < 1.29 is 12.3 Å². The Morgan fingerprint density at radius 1 is 0.378 bits per heavy atom. The molecule has 0 bridgehead atoms. The molecule has 0 aliphatic rings. The minimum atomic E-state index is -0.618. The van der Waals surface area contributed by atoms with Crippen LogP contribution in [0.3, 0.4) is 0 Å². The Bertz CT molecular complexity index is 2710. The van der Waals surface area contributed by atoms with E-state index in [0.29, 0.717) is 11.4 Å². The molecular weight excluding hydrogens is 542 g/mol. The molecule has 0 unspecified atom stereocenters. The first-order valence-corrected chi connectivity index (χ1v) is 14.7. The average molecular weight is 583 g/mol. The summed E-state index contributed by atoms with van der Waals surface area (Å²) in [5.41, 5.74) is 4.57. The number of anilines is 3. The largest absolute Gasteiger partial charge is 0.310 e. The van der Waals surface area contributed by atoms with Gasteiger partial charge in [-0.1, -0.05) is 151 Å². The molecule has 1 heteroatoms. The number of hydrogen-bond acceptors (Lipinski definition) is 1. The molecule has 0 N–H and O–H groups in total. The van der Waals surface area contributed by atoms with Crippen molar-refractivity contribution in [1.29, 1.82) is 0 Å². The van der Waals surface area contributed by atoms with Crippen molar-refractivity contribution in [3.8, 4) is 33.4 Å². The SMILES string of the molecule is [2H]c1c([2H])c([2H])c(-c2c([2H])c([2H])c(N(c3ccc(-c4cccc(-c5cccc6ccccc56)c4)cc3)c3cccc4ccccc34)c([2H])c2[2H])c([2H])c1[2H]. The van der Waals surface area contributed by atoms with Crippen molar-refractivity contribution in [3.05, 3.63) is 188 Å². The van der Waals surface area contributed by atoms with Gasteiger partial charge in [0.25, 0.3) is 0 Å². The number of nitrogens with zero attached hydrogens (tertiary/aromatic N) is 1. The summed E-state index contributed by atoms with van der Waals surface area (Å²) in [6.07, 6.45) is 0. The van der Waals surface area contributed by atoms with Crippen LogP contribution in [0.4, 0.5) is 17.1 Å². The summed E-state index contributed by atoms with van der Waals surface area (Å²) in [6.45, 7) is 0. The molecule has 8 aromatic rings. The summed E-state index contributed by atoms with van der Waals surface area (Å²) in [7, 11) is 0. The van der Waals surface area contributed by atoms with Gasteiger partial charge in [-0.25, -0.2) is 0 Å². The summed E-state index contributed by atoms with van der Waals surface area (Å²) in [6, 6.07) is 39.1. The predicted octanol–water partition coefficient (Wildman–Crippen LogP) is 12.5. The lowest BCUT2D eigenvalue weighted by Gasteiger charge is -2.27. The number of benzene rings is 8. The van der Waals surface area contributed by atoms with E-state index >= 15 is 0 Å². The van der Waals surface area contributed by atoms with Crippen molar-refractivity contribution in [2.45, 2.75) is 0 Å². The smallest absolute Gasteiger partial charge is 0.0645 e. The van der Waals surface area contributed by atoms with Gasteiger partial charge in [-0.15, -0.1) is 0 Å². The molecule has 1 nitrogen and oxygen atoms in total. The maximum Gasteiger partial charge on any atom is 0.0645 e.